The number of nitrogens with one attached hydrogen (secondary N) is 1. The minimum Gasteiger partial charge on any atom is -0.346 e. The van der Waals surface area contributed by atoms with E-state index >= 15 is 0 Å². The lowest BCUT2D eigenvalue weighted by atomic mass is 9.97. The zero-order valence-corrected chi connectivity index (χ0v) is 15.3. The molecule has 0 aliphatic carbocycles. The first-order valence-electron chi connectivity index (χ1n) is 9.15. The topological polar surface area (TPSA) is 66.8 Å². The van der Waals surface area contributed by atoms with Crippen LogP contribution in [0.25, 0.3) is 33.4 Å². The Morgan fingerprint density at radius 1 is 1.14 bits per heavy atom. The molecule has 4 aromatic rings. The largest absolute Gasteiger partial charge is 0.346 e. The van der Waals surface area contributed by atoms with E-state index in [0.29, 0.717) is 19.6 Å². The standard InChI is InChI=1S/C21H18FN5O/c1-13(28)26-10-11-27-18(12-26)19(16-6-8-23-21-17(16)7-9-24-21)20(25-27)14-2-4-15(22)5-3-14/h2-9H,10-12H2,1H3,(H,23,24). The fourth-order valence-electron chi connectivity index (χ4n) is 3.86. The molecule has 0 unspecified atom stereocenters. The van der Waals surface area contributed by atoms with Gasteiger partial charge in [0, 0.05) is 42.4 Å². The van der Waals surface area contributed by atoms with Crippen LogP contribution in [-0.4, -0.2) is 37.1 Å². The van der Waals surface area contributed by atoms with Crippen molar-refractivity contribution in [1.29, 1.82) is 0 Å². The van der Waals surface area contributed by atoms with Gasteiger partial charge in [0.05, 0.1) is 18.8 Å². The van der Waals surface area contributed by atoms with E-state index < -0.39 is 0 Å². The van der Waals surface area contributed by atoms with Gasteiger partial charge in [-0.15, -0.1) is 0 Å². The molecule has 1 aliphatic rings. The van der Waals surface area contributed by atoms with Crippen molar-refractivity contribution >= 4 is 16.9 Å². The zero-order chi connectivity index (χ0) is 19.3. The Kier molecular flexibility index (Phi) is 3.75. The van der Waals surface area contributed by atoms with E-state index in [1.165, 1.54) is 12.1 Å². The first kappa shape index (κ1) is 16.7. The fraction of sp³-hybridized carbons (Fsp3) is 0.190. The summed E-state index contributed by atoms with van der Waals surface area (Å²) in [5, 5.41) is 5.83. The van der Waals surface area contributed by atoms with Crippen molar-refractivity contribution in [2.45, 2.75) is 20.0 Å². The molecule has 0 saturated heterocycles. The van der Waals surface area contributed by atoms with Crippen molar-refractivity contribution in [3.63, 3.8) is 0 Å². The van der Waals surface area contributed by atoms with Gasteiger partial charge in [-0.2, -0.15) is 5.10 Å². The maximum Gasteiger partial charge on any atom is 0.219 e. The number of carbonyl (C=O) groups excluding carboxylic acids is 1. The van der Waals surface area contributed by atoms with Crippen LogP contribution in [-0.2, 0) is 17.9 Å². The predicted octanol–water partition coefficient (Wildman–Crippen LogP) is 3.59. The lowest BCUT2D eigenvalue weighted by Gasteiger charge is -2.27. The molecule has 0 bridgehead atoms. The first-order valence-corrected chi connectivity index (χ1v) is 9.15. The Hall–Kier alpha value is -3.48. The van der Waals surface area contributed by atoms with Crippen molar-refractivity contribution in [1.82, 2.24) is 24.6 Å². The Morgan fingerprint density at radius 2 is 1.96 bits per heavy atom. The Labute approximate surface area is 160 Å². The van der Waals surface area contributed by atoms with Gasteiger partial charge in [0.2, 0.25) is 5.91 Å². The lowest BCUT2D eigenvalue weighted by Crippen LogP contribution is -2.37. The number of H-pyrrole nitrogens is 1. The summed E-state index contributed by atoms with van der Waals surface area (Å²) < 4.78 is 15.4. The third kappa shape index (κ3) is 2.58. The molecule has 0 radical (unpaired) electrons. The Bertz CT molecular complexity index is 1190. The molecule has 0 spiro atoms. The number of hydrogen-bond acceptors (Lipinski definition) is 3. The molecule has 4 heterocycles. The number of aromatic nitrogens is 4. The second kappa shape index (κ2) is 6.30. The Morgan fingerprint density at radius 3 is 2.75 bits per heavy atom. The molecule has 1 amide bonds. The van der Waals surface area contributed by atoms with Gasteiger partial charge in [-0.3, -0.25) is 9.48 Å². The number of pyridine rings is 1. The second-order valence-corrected chi connectivity index (χ2v) is 6.94. The van der Waals surface area contributed by atoms with Crippen molar-refractivity contribution in [3.05, 3.63) is 60.3 Å². The molecular formula is C21H18FN5O. The minimum atomic E-state index is -0.283. The van der Waals surface area contributed by atoms with Crippen molar-refractivity contribution in [2.24, 2.45) is 0 Å². The molecule has 28 heavy (non-hydrogen) atoms. The van der Waals surface area contributed by atoms with Crippen molar-refractivity contribution < 1.29 is 9.18 Å². The molecule has 7 heteroatoms. The van der Waals surface area contributed by atoms with Gasteiger partial charge < -0.3 is 9.88 Å². The third-order valence-electron chi connectivity index (χ3n) is 5.27. The molecule has 140 valence electrons. The number of nitrogens with zero attached hydrogens (tertiary/aromatic N) is 4. The molecule has 0 atom stereocenters. The molecule has 1 aromatic carbocycles. The highest BCUT2D eigenvalue weighted by Gasteiger charge is 2.27. The zero-order valence-electron chi connectivity index (χ0n) is 15.3. The van der Waals surface area contributed by atoms with Crippen molar-refractivity contribution in [3.8, 4) is 22.4 Å². The lowest BCUT2D eigenvalue weighted by molar-refractivity contribution is -0.130. The number of carbonyl (C=O) groups is 1. The number of aromatic amines is 1. The first-order chi connectivity index (χ1) is 13.6. The molecule has 0 saturated carbocycles. The third-order valence-corrected chi connectivity index (χ3v) is 5.27. The molecule has 0 fully saturated rings. The molecular weight excluding hydrogens is 357 g/mol. The maximum absolute atomic E-state index is 13.5. The van der Waals surface area contributed by atoms with Gasteiger partial charge in [-0.25, -0.2) is 9.37 Å². The van der Waals surface area contributed by atoms with E-state index in [-0.39, 0.29) is 11.7 Å². The van der Waals surface area contributed by atoms with E-state index in [1.54, 1.807) is 25.3 Å². The van der Waals surface area contributed by atoms with Gasteiger partial charge in [-0.05, 0) is 42.0 Å². The van der Waals surface area contributed by atoms with Crippen LogP contribution in [0.1, 0.15) is 12.6 Å². The van der Waals surface area contributed by atoms with Crippen LogP contribution in [0.5, 0.6) is 0 Å². The summed E-state index contributed by atoms with van der Waals surface area (Å²) in [6.45, 7) is 3.34. The summed E-state index contributed by atoms with van der Waals surface area (Å²) in [5.74, 6) is -0.239. The molecule has 1 aliphatic heterocycles. The summed E-state index contributed by atoms with van der Waals surface area (Å²) in [7, 11) is 0. The number of fused-ring (bicyclic) bond motifs is 2. The van der Waals surface area contributed by atoms with Gasteiger partial charge in [-0.1, -0.05) is 0 Å². The summed E-state index contributed by atoms with van der Waals surface area (Å²) in [4.78, 5) is 21.3. The number of halogens is 1. The summed E-state index contributed by atoms with van der Waals surface area (Å²) in [6, 6.07) is 10.3. The predicted molar refractivity (Wildman–Crippen MR) is 104 cm³/mol. The number of rotatable bonds is 2. The van der Waals surface area contributed by atoms with Crippen LogP contribution in [0.15, 0.2) is 48.8 Å². The van der Waals surface area contributed by atoms with E-state index in [2.05, 4.69) is 9.97 Å². The van der Waals surface area contributed by atoms with Gasteiger partial charge in [0.1, 0.15) is 17.2 Å². The highest BCUT2D eigenvalue weighted by Crippen LogP contribution is 2.39. The van der Waals surface area contributed by atoms with Crippen LogP contribution in [0.3, 0.4) is 0 Å². The van der Waals surface area contributed by atoms with Crippen molar-refractivity contribution in [2.75, 3.05) is 6.54 Å². The average molecular weight is 375 g/mol. The molecule has 6 nitrogen and oxygen atoms in total. The van der Waals surface area contributed by atoms with E-state index in [9.17, 15) is 9.18 Å². The van der Waals surface area contributed by atoms with Crippen LogP contribution in [0.4, 0.5) is 4.39 Å². The molecule has 3 aromatic heterocycles. The van der Waals surface area contributed by atoms with E-state index in [4.69, 9.17) is 5.10 Å². The Balaban J connectivity index is 1.78. The highest BCUT2D eigenvalue weighted by atomic mass is 19.1. The molecule has 5 rings (SSSR count). The minimum absolute atomic E-state index is 0.0447. The monoisotopic (exact) mass is 375 g/mol. The van der Waals surface area contributed by atoms with Crippen LogP contribution in [0, 0.1) is 5.82 Å². The normalized spacial score (nSPS) is 13.7. The number of hydrogen-bond donors (Lipinski definition) is 1. The highest BCUT2D eigenvalue weighted by molar-refractivity contribution is 5.98. The molecule has 1 N–H and O–H groups in total. The summed E-state index contributed by atoms with van der Waals surface area (Å²) in [5.41, 5.74) is 5.36. The van der Waals surface area contributed by atoms with Crippen LogP contribution >= 0.6 is 0 Å². The average Bonchev–Trinajstić information content (AvgIpc) is 3.32. The van der Waals surface area contributed by atoms with Gasteiger partial charge in [0.15, 0.2) is 0 Å². The van der Waals surface area contributed by atoms with Gasteiger partial charge in [0.25, 0.3) is 0 Å². The fourth-order valence-corrected chi connectivity index (χ4v) is 3.86. The maximum atomic E-state index is 13.5. The summed E-state index contributed by atoms with van der Waals surface area (Å²) in [6.07, 6.45) is 3.62. The van der Waals surface area contributed by atoms with E-state index in [0.717, 1.165) is 39.1 Å². The number of benzene rings is 1. The van der Waals surface area contributed by atoms with Crippen LogP contribution < -0.4 is 0 Å². The second-order valence-electron chi connectivity index (χ2n) is 6.94. The van der Waals surface area contributed by atoms with Gasteiger partial charge >= 0.3 is 0 Å². The van der Waals surface area contributed by atoms with Crippen LogP contribution in [0.2, 0.25) is 0 Å². The summed E-state index contributed by atoms with van der Waals surface area (Å²) >= 11 is 0. The van der Waals surface area contributed by atoms with E-state index in [1.807, 2.05) is 27.9 Å². The smallest absolute Gasteiger partial charge is 0.219 e. The number of amides is 1. The quantitative estimate of drug-likeness (QED) is 0.582. The SMILES string of the molecule is CC(=O)N1CCn2nc(-c3ccc(F)cc3)c(-c3ccnc4[nH]ccc34)c2C1.